The highest BCUT2D eigenvalue weighted by molar-refractivity contribution is 6.28. The number of nitrogens with zero attached hydrogens (tertiary/aromatic N) is 4. The normalized spacial score (nSPS) is 11.8. The molecule has 0 amide bonds. The van der Waals surface area contributed by atoms with Gasteiger partial charge in [-0.05, 0) is 59.7 Å². The first-order chi connectivity index (χ1) is 28.7. The van der Waals surface area contributed by atoms with Gasteiger partial charge in [-0.25, -0.2) is 19.9 Å². The SMILES string of the molecule is c1ccc(-c2nc(-c3ccc(-c4ccc5c(c4)oc4ccc6c(-c7ccccc7)nc7ccccc7c6c45)cc3)nc(-c3ccc4c(c3)oc3ccccc34)n2)cc1. The molecule has 0 unspecified atom stereocenters. The van der Waals surface area contributed by atoms with Crippen LogP contribution in [-0.2, 0) is 0 Å². The van der Waals surface area contributed by atoms with Crippen molar-refractivity contribution < 1.29 is 8.83 Å². The van der Waals surface area contributed by atoms with Crippen LogP contribution in [0, 0.1) is 0 Å². The van der Waals surface area contributed by atoms with Crippen LogP contribution in [0.4, 0.5) is 0 Å². The molecule has 6 heteroatoms. The highest BCUT2D eigenvalue weighted by Gasteiger charge is 2.19. The molecule has 12 rings (SSSR count). The predicted octanol–water partition coefficient (Wildman–Crippen LogP) is 13.7. The van der Waals surface area contributed by atoms with Crippen LogP contribution < -0.4 is 0 Å². The van der Waals surface area contributed by atoms with Crippen LogP contribution in [0.3, 0.4) is 0 Å². The van der Waals surface area contributed by atoms with Crippen molar-refractivity contribution in [1.29, 1.82) is 0 Å². The van der Waals surface area contributed by atoms with E-state index < -0.39 is 0 Å². The summed E-state index contributed by atoms with van der Waals surface area (Å²) in [5, 5.41) is 7.69. The Morgan fingerprint density at radius 1 is 0.276 bits per heavy atom. The van der Waals surface area contributed by atoms with E-state index in [9.17, 15) is 0 Å². The molecule has 0 saturated heterocycles. The summed E-state index contributed by atoms with van der Waals surface area (Å²) < 4.78 is 12.8. The Bertz CT molecular complexity index is 3560. The lowest BCUT2D eigenvalue weighted by atomic mass is 9.95. The molecule has 0 aliphatic heterocycles. The van der Waals surface area contributed by atoms with Crippen LogP contribution >= 0.6 is 0 Å². The number of pyridine rings is 1. The highest BCUT2D eigenvalue weighted by atomic mass is 16.3. The van der Waals surface area contributed by atoms with Crippen LogP contribution in [0.1, 0.15) is 0 Å². The first-order valence-corrected chi connectivity index (χ1v) is 19.3. The lowest BCUT2D eigenvalue weighted by molar-refractivity contribution is 0.669. The standard InChI is InChI=1S/C52H30N4O2/c1-3-11-32(12-4-1)49-41-27-28-44-48(47(41)39-16-7-9-17-42(39)53-49)40-26-23-35(29-46(40)58-44)31-19-21-34(22-20-31)51-54-50(33-13-5-2-6-14-33)55-52(56-51)36-24-25-38-37-15-8-10-18-43(37)57-45(38)30-36/h1-30H. The van der Waals surface area contributed by atoms with Gasteiger partial charge in [0.25, 0.3) is 0 Å². The molecule has 0 fully saturated rings. The zero-order valence-corrected chi connectivity index (χ0v) is 30.9. The monoisotopic (exact) mass is 742 g/mol. The van der Waals surface area contributed by atoms with E-state index in [1.165, 1.54) is 0 Å². The largest absolute Gasteiger partial charge is 0.456 e. The molecule has 6 nitrogen and oxygen atoms in total. The predicted molar refractivity (Wildman–Crippen MR) is 234 cm³/mol. The maximum atomic E-state index is 6.61. The van der Waals surface area contributed by atoms with Crippen LogP contribution in [0.25, 0.3) is 122 Å². The Kier molecular flexibility index (Phi) is 7.13. The molecule has 0 N–H and O–H groups in total. The fraction of sp³-hybridized carbons (Fsp3) is 0. The van der Waals surface area contributed by atoms with Crippen LogP contribution in [0.5, 0.6) is 0 Å². The Morgan fingerprint density at radius 3 is 1.59 bits per heavy atom. The van der Waals surface area contributed by atoms with Gasteiger partial charge in [-0.1, -0.05) is 133 Å². The number of fused-ring (bicyclic) bond motifs is 10. The summed E-state index contributed by atoms with van der Waals surface area (Å²) in [7, 11) is 0. The molecule has 4 aromatic heterocycles. The second-order valence-electron chi connectivity index (χ2n) is 14.6. The summed E-state index contributed by atoms with van der Waals surface area (Å²) in [6.45, 7) is 0. The van der Waals surface area contributed by atoms with Crippen molar-refractivity contribution in [2.75, 3.05) is 0 Å². The molecule has 0 atom stereocenters. The number of hydrogen-bond acceptors (Lipinski definition) is 6. The quantitative estimate of drug-likeness (QED) is 0.163. The molecular weight excluding hydrogens is 713 g/mol. The number of hydrogen-bond donors (Lipinski definition) is 0. The maximum absolute atomic E-state index is 6.61. The summed E-state index contributed by atoms with van der Waals surface area (Å²) >= 11 is 0. The van der Waals surface area contributed by atoms with Crippen molar-refractivity contribution in [3.05, 3.63) is 182 Å². The van der Waals surface area contributed by atoms with E-state index in [0.717, 1.165) is 105 Å². The van der Waals surface area contributed by atoms with E-state index in [0.29, 0.717) is 17.5 Å². The highest BCUT2D eigenvalue weighted by Crippen LogP contribution is 2.42. The summed E-state index contributed by atoms with van der Waals surface area (Å²) in [4.78, 5) is 20.1. The fourth-order valence-corrected chi connectivity index (χ4v) is 8.33. The van der Waals surface area contributed by atoms with E-state index in [1.54, 1.807) is 0 Å². The van der Waals surface area contributed by atoms with Gasteiger partial charge in [0, 0.05) is 60.0 Å². The summed E-state index contributed by atoms with van der Waals surface area (Å²) in [6, 6.07) is 62.2. The zero-order valence-electron chi connectivity index (χ0n) is 30.9. The molecule has 4 heterocycles. The topological polar surface area (TPSA) is 77.8 Å². The van der Waals surface area contributed by atoms with Gasteiger partial charge in [0.05, 0.1) is 11.2 Å². The van der Waals surface area contributed by atoms with E-state index in [-0.39, 0.29) is 0 Å². The van der Waals surface area contributed by atoms with Crippen LogP contribution in [-0.4, -0.2) is 19.9 Å². The Balaban J connectivity index is 0.950. The number of benzene rings is 8. The van der Waals surface area contributed by atoms with Gasteiger partial charge in [-0.15, -0.1) is 0 Å². The van der Waals surface area contributed by atoms with E-state index in [4.69, 9.17) is 28.8 Å². The van der Waals surface area contributed by atoms with Gasteiger partial charge in [-0.2, -0.15) is 0 Å². The minimum atomic E-state index is 0.581. The maximum Gasteiger partial charge on any atom is 0.164 e. The second-order valence-corrected chi connectivity index (χ2v) is 14.6. The smallest absolute Gasteiger partial charge is 0.164 e. The van der Waals surface area contributed by atoms with E-state index in [1.807, 2.05) is 66.7 Å². The van der Waals surface area contributed by atoms with Crippen molar-refractivity contribution in [3.8, 4) is 56.5 Å². The Labute approximate surface area is 331 Å². The average molecular weight is 743 g/mol. The number of aromatic nitrogens is 4. The molecule has 0 saturated carbocycles. The summed E-state index contributed by atoms with van der Waals surface area (Å²) in [5.74, 6) is 1.78. The summed E-state index contributed by atoms with van der Waals surface area (Å²) in [6.07, 6.45) is 0. The van der Waals surface area contributed by atoms with Crippen molar-refractivity contribution in [3.63, 3.8) is 0 Å². The van der Waals surface area contributed by atoms with Crippen LogP contribution in [0.2, 0.25) is 0 Å². The third-order valence-corrected chi connectivity index (χ3v) is 11.1. The van der Waals surface area contributed by atoms with E-state index in [2.05, 4.69) is 115 Å². The number of para-hydroxylation sites is 2. The minimum Gasteiger partial charge on any atom is -0.456 e. The molecule has 270 valence electrons. The molecule has 0 bridgehead atoms. The molecule has 0 radical (unpaired) electrons. The van der Waals surface area contributed by atoms with Gasteiger partial charge in [-0.3, -0.25) is 0 Å². The summed E-state index contributed by atoms with van der Waals surface area (Å²) in [5.41, 5.74) is 11.1. The Morgan fingerprint density at radius 2 is 0.793 bits per heavy atom. The van der Waals surface area contributed by atoms with Gasteiger partial charge >= 0.3 is 0 Å². The third-order valence-electron chi connectivity index (χ3n) is 11.1. The molecule has 0 aliphatic carbocycles. The first-order valence-electron chi connectivity index (χ1n) is 19.3. The number of rotatable bonds is 5. The Hall–Kier alpha value is -7.96. The van der Waals surface area contributed by atoms with Gasteiger partial charge in [0.2, 0.25) is 0 Å². The average Bonchev–Trinajstić information content (AvgIpc) is 3.87. The lowest BCUT2D eigenvalue weighted by Crippen LogP contribution is -2.00. The zero-order chi connectivity index (χ0) is 38.2. The third kappa shape index (κ3) is 5.20. The molecule has 8 aromatic carbocycles. The second kappa shape index (κ2) is 12.8. The molecular formula is C52H30N4O2. The van der Waals surface area contributed by atoms with Gasteiger partial charge < -0.3 is 8.83 Å². The first kappa shape index (κ1) is 32.3. The lowest BCUT2D eigenvalue weighted by Gasteiger charge is -2.11. The van der Waals surface area contributed by atoms with E-state index >= 15 is 0 Å². The minimum absolute atomic E-state index is 0.581. The van der Waals surface area contributed by atoms with Crippen LogP contribution in [0.15, 0.2) is 191 Å². The molecule has 58 heavy (non-hydrogen) atoms. The van der Waals surface area contributed by atoms with Crippen molar-refractivity contribution in [1.82, 2.24) is 19.9 Å². The molecule has 0 aliphatic rings. The van der Waals surface area contributed by atoms with Gasteiger partial charge in [0.1, 0.15) is 22.3 Å². The number of furan rings is 2. The fourth-order valence-electron chi connectivity index (χ4n) is 8.33. The van der Waals surface area contributed by atoms with Crippen molar-refractivity contribution in [2.24, 2.45) is 0 Å². The molecule has 0 spiro atoms. The molecule has 12 aromatic rings. The van der Waals surface area contributed by atoms with Crippen molar-refractivity contribution >= 4 is 65.6 Å². The van der Waals surface area contributed by atoms with Crippen molar-refractivity contribution in [2.45, 2.75) is 0 Å². The van der Waals surface area contributed by atoms with Gasteiger partial charge in [0.15, 0.2) is 17.5 Å².